The van der Waals surface area contributed by atoms with E-state index in [2.05, 4.69) is 5.32 Å². The third-order valence-electron chi connectivity index (χ3n) is 3.67. The first kappa shape index (κ1) is 26.2. The lowest BCUT2D eigenvalue weighted by molar-refractivity contribution is -0.126. The number of carbonyl (C=O) groups is 2. The SMILES string of the molecule is CC(O)C(=O)Nc1c(I)c(CO)c(I)c(N(CC(O)CO)C(=O)C(C)O)c1I. The molecule has 0 aromatic heterocycles. The molecule has 0 fully saturated rings. The van der Waals surface area contributed by atoms with Crippen molar-refractivity contribution in [1.29, 1.82) is 0 Å². The number of carbonyl (C=O) groups excluding carboxylic acids is 2. The maximum atomic E-state index is 12.6. The molecule has 158 valence electrons. The van der Waals surface area contributed by atoms with Crippen LogP contribution in [0.5, 0.6) is 0 Å². The molecule has 1 aromatic rings. The van der Waals surface area contributed by atoms with Gasteiger partial charge in [0, 0.05) is 12.7 Å². The molecule has 12 heteroatoms. The van der Waals surface area contributed by atoms with Crippen molar-refractivity contribution in [1.82, 2.24) is 0 Å². The number of halogens is 3. The maximum Gasteiger partial charge on any atom is 0.255 e. The van der Waals surface area contributed by atoms with Gasteiger partial charge in [0.2, 0.25) is 0 Å². The summed E-state index contributed by atoms with van der Waals surface area (Å²) in [5.74, 6) is -1.39. The first-order valence-corrected chi connectivity index (χ1v) is 11.3. The first-order valence-electron chi connectivity index (χ1n) is 8.05. The molecule has 0 aliphatic rings. The van der Waals surface area contributed by atoms with Gasteiger partial charge in [0.05, 0.1) is 40.8 Å². The van der Waals surface area contributed by atoms with Crippen LogP contribution in [0.25, 0.3) is 0 Å². The third kappa shape index (κ3) is 6.08. The molecule has 0 spiro atoms. The van der Waals surface area contributed by atoms with Crippen LogP contribution in [0.15, 0.2) is 0 Å². The Hall–Kier alpha value is 0.150. The van der Waals surface area contributed by atoms with E-state index < -0.39 is 43.3 Å². The molecule has 0 aliphatic carbocycles. The highest BCUT2D eigenvalue weighted by molar-refractivity contribution is 14.1. The first-order chi connectivity index (χ1) is 13.0. The fourth-order valence-corrected chi connectivity index (χ4v) is 6.56. The molecule has 0 saturated heterocycles. The van der Waals surface area contributed by atoms with Crippen molar-refractivity contribution >= 4 is 91.0 Å². The number of nitrogens with zero attached hydrogens (tertiary/aromatic N) is 1. The molecule has 0 heterocycles. The summed E-state index contributed by atoms with van der Waals surface area (Å²) >= 11 is 5.79. The zero-order chi connectivity index (χ0) is 21.8. The number of nitrogens with one attached hydrogen (secondary N) is 1. The number of rotatable bonds is 8. The summed E-state index contributed by atoms with van der Waals surface area (Å²) < 4.78 is 1.43. The Morgan fingerprint density at radius 2 is 1.57 bits per heavy atom. The van der Waals surface area contributed by atoms with Gasteiger partial charge in [-0.2, -0.15) is 0 Å². The lowest BCUT2D eigenvalue weighted by Crippen LogP contribution is -2.44. The normalized spacial score (nSPS) is 14.4. The smallest absolute Gasteiger partial charge is 0.255 e. The number of aliphatic hydroxyl groups is 5. The van der Waals surface area contributed by atoms with Gasteiger partial charge in [-0.1, -0.05) is 0 Å². The van der Waals surface area contributed by atoms with Crippen LogP contribution in [0.2, 0.25) is 0 Å². The van der Waals surface area contributed by atoms with Gasteiger partial charge in [-0.25, -0.2) is 0 Å². The topological polar surface area (TPSA) is 151 Å². The van der Waals surface area contributed by atoms with Gasteiger partial charge >= 0.3 is 0 Å². The van der Waals surface area contributed by atoms with E-state index in [1.165, 1.54) is 13.8 Å². The van der Waals surface area contributed by atoms with E-state index in [0.29, 0.717) is 16.3 Å². The predicted molar refractivity (Wildman–Crippen MR) is 128 cm³/mol. The van der Waals surface area contributed by atoms with Gasteiger partial charge in [-0.15, -0.1) is 0 Å². The number of aliphatic hydroxyl groups excluding tert-OH is 5. The summed E-state index contributed by atoms with van der Waals surface area (Å²) in [6, 6.07) is 0. The molecule has 28 heavy (non-hydrogen) atoms. The summed E-state index contributed by atoms with van der Waals surface area (Å²) in [5.41, 5.74) is 0.984. The fourth-order valence-electron chi connectivity index (χ4n) is 2.20. The number of benzene rings is 1. The average Bonchev–Trinajstić information content (AvgIpc) is 2.63. The molecular weight excluding hydrogens is 713 g/mol. The number of hydrogen-bond acceptors (Lipinski definition) is 7. The van der Waals surface area contributed by atoms with Crippen LogP contribution in [0.4, 0.5) is 11.4 Å². The molecule has 2 amide bonds. The van der Waals surface area contributed by atoms with Crippen LogP contribution in [0, 0.1) is 10.7 Å². The summed E-state index contributed by atoms with van der Waals surface area (Å²) in [7, 11) is 0. The van der Waals surface area contributed by atoms with E-state index in [1.807, 2.05) is 67.8 Å². The molecule has 0 bridgehead atoms. The van der Waals surface area contributed by atoms with E-state index in [1.54, 1.807) is 0 Å². The van der Waals surface area contributed by atoms with Crippen molar-refractivity contribution in [2.24, 2.45) is 0 Å². The van der Waals surface area contributed by atoms with Crippen molar-refractivity contribution in [3.63, 3.8) is 0 Å². The van der Waals surface area contributed by atoms with Gasteiger partial charge < -0.3 is 35.7 Å². The molecule has 1 rings (SSSR count). The summed E-state index contributed by atoms with van der Waals surface area (Å²) in [4.78, 5) is 25.7. The van der Waals surface area contributed by atoms with Gasteiger partial charge in [0.25, 0.3) is 11.8 Å². The predicted octanol–water partition coefficient (Wildman–Crippen LogP) is 0.379. The lowest BCUT2D eigenvalue weighted by atomic mass is 10.1. The van der Waals surface area contributed by atoms with Gasteiger partial charge in [-0.05, 0) is 81.6 Å². The van der Waals surface area contributed by atoms with Crippen LogP contribution >= 0.6 is 67.8 Å². The zero-order valence-electron chi connectivity index (χ0n) is 15.0. The Morgan fingerprint density at radius 3 is 2.00 bits per heavy atom. The summed E-state index contributed by atoms with van der Waals surface area (Å²) in [6.07, 6.45) is -3.93. The van der Waals surface area contributed by atoms with Crippen molar-refractivity contribution in [3.05, 3.63) is 16.3 Å². The lowest BCUT2D eigenvalue weighted by Gasteiger charge is -2.30. The van der Waals surface area contributed by atoms with E-state index in [-0.39, 0.29) is 17.9 Å². The molecule has 0 radical (unpaired) electrons. The highest BCUT2D eigenvalue weighted by Crippen LogP contribution is 2.41. The Morgan fingerprint density at radius 1 is 1.00 bits per heavy atom. The van der Waals surface area contributed by atoms with Crippen LogP contribution in [0.1, 0.15) is 19.4 Å². The molecule has 1 aromatic carbocycles. The minimum atomic E-state index is -1.38. The van der Waals surface area contributed by atoms with E-state index in [0.717, 1.165) is 4.90 Å². The van der Waals surface area contributed by atoms with Crippen molar-refractivity contribution in [3.8, 4) is 0 Å². The molecule has 0 saturated carbocycles. The molecule has 9 nitrogen and oxygen atoms in total. The molecular formula is C16H21I3N2O7. The summed E-state index contributed by atoms with van der Waals surface area (Å²) in [5, 5.41) is 50.8. The van der Waals surface area contributed by atoms with Crippen LogP contribution in [-0.2, 0) is 16.2 Å². The quantitative estimate of drug-likeness (QED) is 0.212. The Bertz CT molecular complexity index is 744. The highest BCUT2D eigenvalue weighted by Gasteiger charge is 2.31. The van der Waals surface area contributed by atoms with Crippen molar-refractivity contribution in [2.75, 3.05) is 23.4 Å². The van der Waals surface area contributed by atoms with E-state index in [9.17, 15) is 35.1 Å². The van der Waals surface area contributed by atoms with Crippen LogP contribution in [0.3, 0.4) is 0 Å². The van der Waals surface area contributed by atoms with Crippen LogP contribution in [-0.4, -0.2) is 68.8 Å². The standard InChI is InChI=1S/C16H21I3N2O7/c1-6(24)15(27)20-13-10(17)9(5-23)11(18)14(12(13)19)21(3-8(26)4-22)16(28)7(2)25/h6-8,22-26H,3-5H2,1-2H3,(H,20,27). The largest absolute Gasteiger partial charge is 0.394 e. The van der Waals surface area contributed by atoms with Gasteiger partial charge in [0.15, 0.2) is 0 Å². The summed E-state index contributed by atoms with van der Waals surface area (Å²) in [6.45, 7) is 1.28. The number of amides is 2. The molecule has 6 N–H and O–H groups in total. The zero-order valence-corrected chi connectivity index (χ0v) is 21.5. The third-order valence-corrected chi connectivity index (χ3v) is 7.07. The molecule has 0 aliphatic heterocycles. The second-order valence-electron chi connectivity index (χ2n) is 5.93. The fraction of sp³-hybridized carbons (Fsp3) is 0.500. The second kappa shape index (κ2) is 11.5. The highest BCUT2D eigenvalue weighted by atomic mass is 127. The van der Waals surface area contributed by atoms with E-state index in [4.69, 9.17) is 0 Å². The molecule has 3 unspecified atom stereocenters. The van der Waals surface area contributed by atoms with Gasteiger partial charge in [0.1, 0.15) is 12.2 Å². The maximum absolute atomic E-state index is 12.6. The Kier molecular flexibility index (Phi) is 10.8. The average molecular weight is 734 g/mol. The number of hydrogen-bond donors (Lipinski definition) is 6. The molecule has 3 atom stereocenters. The monoisotopic (exact) mass is 734 g/mol. The van der Waals surface area contributed by atoms with Crippen molar-refractivity contribution in [2.45, 2.75) is 38.8 Å². The Labute approximate surface area is 202 Å². The second-order valence-corrected chi connectivity index (χ2v) is 9.16. The van der Waals surface area contributed by atoms with E-state index >= 15 is 0 Å². The van der Waals surface area contributed by atoms with Gasteiger partial charge in [-0.3, -0.25) is 9.59 Å². The van der Waals surface area contributed by atoms with Crippen LogP contribution < -0.4 is 10.2 Å². The number of anilines is 2. The Balaban J connectivity index is 3.73. The van der Waals surface area contributed by atoms with Crippen molar-refractivity contribution < 1.29 is 35.1 Å². The minimum absolute atomic E-state index is 0.268. The minimum Gasteiger partial charge on any atom is -0.394 e.